The number of hydrogen-bond donors (Lipinski definition) is 3. The first kappa shape index (κ1) is 19.1. The van der Waals surface area contributed by atoms with Crippen LogP contribution in [0.3, 0.4) is 0 Å². The minimum absolute atomic E-state index is 0.0362. The zero-order valence-electron chi connectivity index (χ0n) is 15.0. The molecule has 2 aromatic rings. The largest absolute Gasteiger partial charge is 0.377 e. The number of nitrogens with one attached hydrogen (secondary N) is 3. The summed E-state index contributed by atoms with van der Waals surface area (Å²) in [6, 6.07) is 5.24. The first-order valence-corrected chi connectivity index (χ1v) is 9.16. The fourth-order valence-electron chi connectivity index (χ4n) is 2.64. The van der Waals surface area contributed by atoms with Crippen molar-refractivity contribution in [1.82, 2.24) is 9.55 Å². The molecule has 1 aliphatic heterocycles. The lowest BCUT2D eigenvalue weighted by Gasteiger charge is -2.27. The zero-order valence-corrected chi connectivity index (χ0v) is 15.8. The Balaban J connectivity index is 1.76. The van der Waals surface area contributed by atoms with Crippen LogP contribution < -0.4 is 16.2 Å². The summed E-state index contributed by atoms with van der Waals surface area (Å²) in [4.78, 5) is 16.2. The molecule has 142 valence electrons. The van der Waals surface area contributed by atoms with Crippen molar-refractivity contribution in [3.63, 3.8) is 0 Å². The summed E-state index contributed by atoms with van der Waals surface area (Å²) in [5.74, 6) is 0.681. The first-order valence-electron chi connectivity index (χ1n) is 8.78. The molecule has 8 heteroatoms. The van der Waals surface area contributed by atoms with E-state index < -0.39 is 0 Å². The summed E-state index contributed by atoms with van der Waals surface area (Å²) >= 11 is 6.39. The maximum Gasteiger partial charge on any atom is 0.250 e. The van der Waals surface area contributed by atoms with Crippen LogP contribution in [0, 0.1) is 5.41 Å². The van der Waals surface area contributed by atoms with Crippen LogP contribution in [-0.4, -0.2) is 35.0 Å². The molecule has 7 nitrogen and oxygen atoms in total. The molecule has 3 heterocycles. The standard InChI is InChI=1S/C19H22ClN5O2/c1-2-5-25-10-14(3-4-19(25)26)22-8-13(7-21)16-9-23-18(6-17(16)20)24-15-11-27-12-15/h3-4,6-10,15,21-22H,2,5,11-12H2,1H3,(H,23,24)/b13-8+,21-7?. The Bertz CT molecular complexity index is 905. The predicted molar refractivity (Wildman–Crippen MR) is 109 cm³/mol. The lowest BCUT2D eigenvalue weighted by atomic mass is 10.1. The van der Waals surface area contributed by atoms with Gasteiger partial charge in [-0.25, -0.2) is 4.98 Å². The number of aromatic nitrogens is 2. The number of ether oxygens (including phenoxy) is 1. The summed E-state index contributed by atoms with van der Waals surface area (Å²) < 4.78 is 6.78. The monoisotopic (exact) mass is 387 g/mol. The molecule has 1 fully saturated rings. The van der Waals surface area contributed by atoms with E-state index in [1.165, 1.54) is 12.3 Å². The molecule has 0 aromatic carbocycles. The van der Waals surface area contributed by atoms with Crippen molar-refractivity contribution in [2.24, 2.45) is 0 Å². The summed E-state index contributed by atoms with van der Waals surface area (Å²) in [7, 11) is 0. The van der Waals surface area contributed by atoms with Crippen LogP contribution in [-0.2, 0) is 11.3 Å². The Morgan fingerprint density at radius 1 is 1.48 bits per heavy atom. The second-order valence-corrected chi connectivity index (χ2v) is 6.67. The maximum atomic E-state index is 11.8. The molecule has 0 aliphatic carbocycles. The average Bonchev–Trinajstić information content (AvgIpc) is 2.62. The van der Waals surface area contributed by atoms with Gasteiger partial charge in [0.25, 0.3) is 5.56 Å². The Hall–Kier alpha value is -2.64. The van der Waals surface area contributed by atoms with E-state index in [1.54, 1.807) is 35.3 Å². The van der Waals surface area contributed by atoms with Gasteiger partial charge in [0.05, 0.1) is 30.0 Å². The number of nitrogens with zero attached hydrogens (tertiary/aromatic N) is 2. The van der Waals surface area contributed by atoms with Crippen LogP contribution >= 0.6 is 11.6 Å². The molecule has 27 heavy (non-hydrogen) atoms. The van der Waals surface area contributed by atoms with E-state index in [-0.39, 0.29) is 11.6 Å². The van der Waals surface area contributed by atoms with Gasteiger partial charge in [0, 0.05) is 48.6 Å². The van der Waals surface area contributed by atoms with Crippen LogP contribution in [0.5, 0.6) is 0 Å². The van der Waals surface area contributed by atoms with Gasteiger partial charge in [0.2, 0.25) is 0 Å². The third-order valence-electron chi connectivity index (χ3n) is 4.15. The summed E-state index contributed by atoms with van der Waals surface area (Å²) in [5, 5.41) is 14.6. The van der Waals surface area contributed by atoms with Gasteiger partial charge in [-0.15, -0.1) is 0 Å². The summed E-state index contributed by atoms with van der Waals surface area (Å²) in [6.45, 7) is 4.00. The Labute approximate surface area is 162 Å². The van der Waals surface area contributed by atoms with E-state index >= 15 is 0 Å². The van der Waals surface area contributed by atoms with Gasteiger partial charge in [0.1, 0.15) is 5.82 Å². The molecule has 3 rings (SSSR count). The number of anilines is 2. The number of aryl methyl sites for hydroxylation is 1. The van der Waals surface area contributed by atoms with Crippen molar-refractivity contribution in [2.75, 3.05) is 23.8 Å². The van der Waals surface area contributed by atoms with Crippen molar-refractivity contribution < 1.29 is 4.74 Å². The van der Waals surface area contributed by atoms with Crippen LogP contribution in [0.2, 0.25) is 5.02 Å². The first-order chi connectivity index (χ1) is 13.1. The predicted octanol–water partition coefficient (Wildman–Crippen LogP) is 3.22. The number of rotatable bonds is 8. The highest BCUT2D eigenvalue weighted by Gasteiger charge is 2.18. The van der Waals surface area contributed by atoms with E-state index in [0.717, 1.165) is 12.1 Å². The summed E-state index contributed by atoms with van der Waals surface area (Å²) in [5.41, 5.74) is 1.95. The normalized spacial score (nSPS) is 14.5. The number of pyridine rings is 2. The van der Waals surface area contributed by atoms with E-state index in [4.69, 9.17) is 21.7 Å². The van der Waals surface area contributed by atoms with E-state index in [2.05, 4.69) is 15.6 Å². The highest BCUT2D eigenvalue weighted by molar-refractivity contribution is 6.34. The van der Waals surface area contributed by atoms with Crippen molar-refractivity contribution in [1.29, 1.82) is 5.41 Å². The average molecular weight is 388 g/mol. The van der Waals surface area contributed by atoms with E-state index in [9.17, 15) is 4.79 Å². The third-order valence-corrected chi connectivity index (χ3v) is 4.47. The maximum absolute atomic E-state index is 11.8. The van der Waals surface area contributed by atoms with Gasteiger partial charge in [-0.3, -0.25) is 4.79 Å². The molecule has 3 N–H and O–H groups in total. The van der Waals surface area contributed by atoms with Gasteiger partial charge < -0.3 is 25.3 Å². The molecule has 1 saturated heterocycles. The van der Waals surface area contributed by atoms with Crippen molar-refractivity contribution in [3.8, 4) is 0 Å². The van der Waals surface area contributed by atoms with E-state index in [0.29, 0.717) is 41.7 Å². The van der Waals surface area contributed by atoms with Crippen LogP contribution in [0.15, 0.2) is 41.6 Å². The Kier molecular flexibility index (Phi) is 6.26. The second kappa shape index (κ2) is 8.83. The quantitative estimate of drug-likeness (QED) is 0.605. The smallest absolute Gasteiger partial charge is 0.250 e. The molecule has 0 atom stereocenters. The Morgan fingerprint density at radius 3 is 2.93 bits per heavy atom. The van der Waals surface area contributed by atoms with Gasteiger partial charge in [0.15, 0.2) is 0 Å². The molecular formula is C19H22ClN5O2. The highest BCUT2D eigenvalue weighted by atomic mass is 35.5. The van der Waals surface area contributed by atoms with Gasteiger partial charge in [-0.05, 0) is 18.6 Å². The molecule has 0 radical (unpaired) electrons. The summed E-state index contributed by atoms with van der Waals surface area (Å²) in [6.07, 6.45) is 7.17. The number of hydrogen-bond acceptors (Lipinski definition) is 6. The fraction of sp³-hybridized carbons (Fsp3) is 0.316. The molecule has 0 saturated carbocycles. The van der Waals surface area contributed by atoms with Gasteiger partial charge >= 0.3 is 0 Å². The molecule has 0 amide bonds. The zero-order chi connectivity index (χ0) is 19.2. The van der Waals surface area contributed by atoms with Gasteiger partial charge in [-0.1, -0.05) is 18.5 Å². The topological polar surface area (TPSA) is 92.0 Å². The van der Waals surface area contributed by atoms with Crippen LogP contribution in [0.1, 0.15) is 18.9 Å². The third kappa shape index (κ3) is 4.75. The molecule has 1 aliphatic rings. The number of allylic oxidation sites excluding steroid dienone is 1. The fourth-order valence-corrected chi connectivity index (χ4v) is 2.90. The molecular weight excluding hydrogens is 366 g/mol. The van der Waals surface area contributed by atoms with Crippen LogP contribution in [0.25, 0.3) is 5.57 Å². The molecule has 0 bridgehead atoms. The molecule has 0 spiro atoms. The lowest BCUT2D eigenvalue weighted by molar-refractivity contribution is 0.0209. The second-order valence-electron chi connectivity index (χ2n) is 6.27. The Morgan fingerprint density at radius 2 is 2.30 bits per heavy atom. The number of halogens is 1. The van der Waals surface area contributed by atoms with Crippen molar-refractivity contribution >= 4 is 34.9 Å². The van der Waals surface area contributed by atoms with Crippen LogP contribution in [0.4, 0.5) is 11.5 Å². The van der Waals surface area contributed by atoms with Crippen molar-refractivity contribution in [2.45, 2.75) is 25.9 Å². The highest BCUT2D eigenvalue weighted by Crippen LogP contribution is 2.25. The van der Waals surface area contributed by atoms with E-state index in [1.807, 2.05) is 6.92 Å². The van der Waals surface area contributed by atoms with Crippen molar-refractivity contribution in [3.05, 3.63) is 57.7 Å². The SMILES string of the molecule is CCCn1cc(N/C=C(\C=N)c2cnc(NC3COC3)cc2Cl)ccc1=O. The van der Waals surface area contributed by atoms with Gasteiger partial charge in [-0.2, -0.15) is 0 Å². The minimum atomic E-state index is -0.0362. The lowest BCUT2D eigenvalue weighted by Crippen LogP contribution is -2.40. The molecule has 2 aromatic heterocycles. The molecule has 0 unspecified atom stereocenters. The minimum Gasteiger partial charge on any atom is -0.377 e.